The predicted molar refractivity (Wildman–Crippen MR) is 110 cm³/mol. The normalized spacial score (nSPS) is 16.5. The number of hydrogen-bond donors (Lipinski definition) is 1. The molecule has 1 saturated heterocycles. The summed E-state index contributed by atoms with van der Waals surface area (Å²) in [5.74, 6) is 1.66. The van der Waals surface area contributed by atoms with Crippen LogP contribution in [0.25, 0.3) is 11.4 Å². The van der Waals surface area contributed by atoms with Crippen LogP contribution in [0.5, 0.6) is 5.75 Å². The minimum absolute atomic E-state index is 0.189. The van der Waals surface area contributed by atoms with Crippen LogP contribution in [0.1, 0.15) is 31.2 Å². The summed E-state index contributed by atoms with van der Waals surface area (Å²) in [6, 6.07) is 14.0. The third-order valence-corrected chi connectivity index (χ3v) is 5.19. The number of urea groups is 1. The van der Waals surface area contributed by atoms with E-state index in [1.807, 2.05) is 12.1 Å². The maximum absolute atomic E-state index is 12.9. The molecule has 0 radical (unpaired) electrons. The molecule has 1 aliphatic rings. The SMILES string of the molecule is COc1ccc(NC(=O)N2CCCCC2c2nc(-c3ccc(Cl)cc3)no2)cc1. The molecule has 1 aliphatic heterocycles. The standard InChI is InChI=1S/C21H21ClN4O3/c1-28-17-11-9-16(10-12-17)23-21(27)26-13-3-2-4-18(26)20-24-19(25-29-20)14-5-7-15(22)8-6-14/h5-12,18H,2-4,13H2,1H3,(H,23,27). The molecule has 2 heterocycles. The number of anilines is 1. The van der Waals surface area contributed by atoms with E-state index in [9.17, 15) is 4.79 Å². The van der Waals surface area contributed by atoms with Crippen molar-refractivity contribution in [1.82, 2.24) is 15.0 Å². The van der Waals surface area contributed by atoms with E-state index in [0.717, 1.165) is 30.6 Å². The minimum atomic E-state index is -0.254. The first-order chi connectivity index (χ1) is 14.1. The Kier molecular flexibility index (Phi) is 5.67. The van der Waals surface area contributed by atoms with Gasteiger partial charge in [-0.3, -0.25) is 0 Å². The van der Waals surface area contributed by atoms with E-state index in [0.29, 0.717) is 29.0 Å². The van der Waals surface area contributed by atoms with Gasteiger partial charge in [0.1, 0.15) is 11.8 Å². The molecule has 2 aromatic carbocycles. The van der Waals surface area contributed by atoms with Gasteiger partial charge in [0.15, 0.2) is 0 Å². The molecule has 0 aliphatic carbocycles. The Labute approximate surface area is 173 Å². The number of ether oxygens (including phenoxy) is 1. The van der Waals surface area contributed by atoms with E-state index in [1.165, 1.54) is 0 Å². The Morgan fingerprint density at radius 2 is 1.93 bits per heavy atom. The Bertz CT molecular complexity index is 972. The first kappa shape index (κ1) is 19.3. The van der Waals surface area contributed by atoms with Crippen molar-refractivity contribution in [3.63, 3.8) is 0 Å². The number of piperidine rings is 1. The molecular weight excluding hydrogens is 392 g/mol. The number of rotatable bonds is 4. The zero-order valence-electron chi connectivity index (χ0n) is 16.0. The summed E-state index contributed by atoms with van der Waals surface area (Å²) in [6.45, 7) is 0.630. The van der Waals surface area contributed by atoms with Crippen molar-refractivity contribution in [2.75, 3.05) is 19.0 Å². The Morgan fingerprint density at radius 3 is 2.66 bits per heavy atom. The minimum Gasteiger partial charge on any atom is -0.497 e. The Balaban J connectivity index is 1.51. The predicted octanol–water partition coefficient (Wildman–Crippen LogP) is 5.16. The summed E-state index contributed by atoms with van der Waals surface area (Å²) < 4.78 is 10.7. The van der Waals surface area contributed by atoms with E-state index in [-0.39, 0.29) is 12.1 Å². The van der Waals surface area contributed by atoms with Crippen LogP contribution in [0, 0.1) is 0 Å². The maximum atomic E-state index is 12.9. The summed E-state index contributed by atoms with van der Waals surface area (Å²) in [6.07, 6.45) is 2.71. The number of methoxy groups -OCH3 is 1. The molecule has 3 aromatic rings. The van der Waals surface area contributed by atoms with Gasteiger partial charge in [-0.25, -0.2) is 4.79 Å². The van der Waals surface area contributed by atoms with Crippen molar-refractivity contribution in [3.8, 4) is 17.1 Å². The molecule has 0 spiro atoms. The molecule has 0 saturated carbocycles. The van der Waals surface area contributed by atoms with Gasteiger partial charge in [-0.15, -0.1) is 0 Å². The quantitative estimate of drug-likeness (QED) is 0.640. The third kappa shape index (κ3) is 4.35. The second-order valence-corrected chi connectivity index (χ2v) is 7.26. The molecule has 1 unspecified atom stereocenters. The first-order valence-corrected chi connectivity index (χ1v) is 9.83. The molecule has 7 nitrogen and oxygen atoms in total. The number of carbonyl (C=O) groups excluding carboxylic acids is 1. The van der Waals surface area contributed by atoms with Crippen molar-refractivity contribution in [2.24, 2.45) is 0 Å². The lowest BCUT2D eigenvalue weighted by atomic mass is 10.0. The van der Waals surface area contributed by atoms with Crippen molar-refractivity contribution in [2.45, 2.75) is 25.3 Å². The zero-order chi connectivity index (χ0) is 20.2. The lowest BCUT2D eigenvalue weighted by molar-refractivity contribution is 0.142. The summed E-state index contributed by atoms with van der Waals surface area (Å²) in [5.41, 5.74) is 1.52. The Morgan fingerprint density at radius 1 is 1.17 bits per heavy atom. The van der Waals surface area contributed by atoms with Crippen LogP contribution in [-0.2, 0) is 0 Å². The largest absolute Gasteiger partial charge is 0.497 e. The van der Waals surface area contributed by atoms with Crippen LogP contribution >= 0.6 is 11.6 Å². The molecule has 1 aromatic heterocycles. The molecule has 29 heavy (non-hydrogen) atoms. The van der Waals surface area contributed by atoms with Crippen molar-refractivity contribution in [3.05, 3.63) is 59.4 Å². The smallest absolute Gasteiger partial charge is 0.322 e. The average Bonchev–Trinajstić information content (AvgIpc) is 3.25. The number of benzene rings is 2. The highest BCUT2D eigenvalue weighted by molar-refractivity contribution is 6.30. The fourth-order valence-corrected chi connectivity index (χ4v) is 3.51. The number of nitrogens with zero attached hydrogens (tertiary/aromatic N) is 3. The lowest BCUT2D eigenvalue weighted by Crippen LogP contribution is -2.41. The fraction of sp³-hybridized carbons (Fsp3) is 0.286. The molecule has 1 fully saturated rings. The first-order valence-electron chi connectivity index (χ1n) is 9.45. The van der Waals surface area contributed by atoms with Crippen LogP contribution in [0.3, 0.4) is 0 Å². The fourth-order valence-electron chi connectivity index (χ4n) is 3.39. The molecule has 1 N–H and O–H groups in total. The summed E-state index contributed by atoms with van der Waals surface area (Å²) in [4.78, 5) is 19.2. The highest BCUT2D eigenvalue weighted by Gasteiger charge is 2.32. The molecule has 1 atom stereocenters. The molecular formula is C21H21ClN4O3. The maximum Gasteiger partial charge on any atom is 0.322 e. The summed E-state index contributed by atoms with van der Waals surface area (Å²) >= 11 is 5.94. The van der Waals surface area contributed by atoms with Crippen LogP contribution in [0.15, 0.2) is 53.1 Å². The van der Waals surface area contributed by atoms with Gasteiger partial charge in [-0.2, -0.15) is 4.98 Å². The monoisotopic (exact) mass is 412 g/mol. The number of hydrogen-bond acceptors (Lipinski definition) is 5. The summed E-state index contributed by atoms with van der Waals surface area (Å²) in [5, 5.41) is 7.67. The second kappa shape index (κ2) is 8.53. The van der Waals surface area contributed by atoms with Gasteiger partial charge in [0.05, 0.1) is 7.11 Å². The van der Waals surface area contributed by atoms with Crippen molar-refractivity contribution in [1.29, 1.82) is 0 Å². The second-order valence-electron chi connectivity index (χ2n) is 6.83. The number of halogens is 1. The van der Waals surface area contributed by atoms with E-state index in [2.05, 4.69) is 15.5 Å². The van der Waals surface area contributed by atoms with Gasteiger partial charge >= 0.3 is 6.03 Å². The molecule has 4 rings (SSSR count). The van der Waals surface area contributed by atoms with E-state index in [4.69, 9.17) is 20.9 Å². The van der Waals surface area contributed by atoms with Crippen LogP contribution < -0.4 is 10.1 Å². The van der Waals surface area contributed by atoms with Gasteiger partial charge in [0.2, 0.25) is 11.7 Å². The van der Waals surface area contributed by atoms with Crippen LogP contribution in [0.4, 0.5) is 10.5 Å². The Hall–Kier alpha value is -3.06. The van der Waals surface area contributed by atoms with Crippen molar-refractivity contribution < 1.29 is 14.1 Å². The van der Waals surface area contributed by atoms with Crippen molar-refractivity contribution >= 4 is 23.3 Å². The van der Waals surface area contributed by atoms with E-state index >= 15 is 0 Å². The number of carbonyl (C=O) groups is 1. The molecule has 0 bridgehead atoms. The topological polar surface area (TPSA) is 80.5 Å². The molecule has 2 amide bonds. The zero-order valence-corrected chi connectivity index (χ0v) is 16.7. The molecule has 150 valence electrons. The number of aromatic nitrogens is 2. The molecule has 8 heteroatoms. The van der Waals surface area contributed by atoms with E-state index in [1.54, 1.807) is 48.4 Å². The number of likely N-dealkylation sites (tertiary alicyclic amines) is 1. The summed E-state index contributed by atoms with van der Waals surface area (Å²) in [7, 11) is 1.61. The lowest BCUT2D eigenvalue weighted by Gasteiger charge is -2.33. The van der Waals surface area contributed by atoms with Gasteiger partial charge in [-0.1, -0.05) is 16.8 Å². The van der Waals surface area contributed by atoms with Gasteiger partial charge < -0.3 is 19.5 Å². The van der Waals surface area contributed by atoms with Gasteiger partial charge in [-0.05, 0) is 67.8 Å². The van der Waals surface area contributed by atoms with Crippen LogP contribution in [-0.4, -0.2) is 34.7 Å². The number of nitrogens with one attached hydrogen (secondary N) is 1. The third-order valence-electron chi connectivity index (χ3n) is 4.93. The van der Waals surface area contributed by atoms with Gasteiger partial charge in [0.25, 0.3) is 0 Å². The average molecular weight is 413 g/mol. The number of amides is 2. The van der Waals surface area contributed by atoms with Gasteiger partial charge in [0, 0.05) is 22.8 Å². The van der Waals surface area contributed by atoms with E-state index < -0.39 is 0 Å². The highest BCUT2D eigenvalue weighted by atomic mass is 35.5. The highest BCUT2D eigenvalue weighted by Crippen LogP contribution is 2.32. The van der Waals surface area contributed by atoms with Crippen LogP contribution in [0.2, 0.25) is 5.02 Å².